The number of pyridine rings is 1. The summed E-state index contributed by atoms with van der Waals surface area (Å²) in [4.78, 5) is 37.9. The highest BCUT2D eigenvalue weighted by molar-refractivity contribution is 5.84. The van der Waals surface area contributed by atoms with E-state index in [1.54, 1.807) is 6.92 Å². The summed E-state index contributed by atoms with van der Waals surface area (Å²) in [6, 6.07) is 1.62. The minimum atomic E-state index is -0.979. The molecule has 3 rings (SSSR count). The molecule has 7 nitrogen and oxygen atoms in total. The SMILES string of the molecule is Cc1cc(O)cc(=O)n1CC(=O)N1C(C(=O)O)CC2CCCCC21. The standard InChI is InChI=1S/C17H22N2O5/c1-10-6-12(20)8-15(21)18(10)9-16(22)19-13-5-3-2-4-11(13)7-14(19)17(23)24/h6,8,11,13-14,20H,2-5,7,9H2,1H3,(H,23,24). The number of carbonyl (C=O) groups is 2. The number of aliphatic carboxylic acids is 1. The summed E-state index contributed by atoms with van der Waals surface area (Å²) in [5.41, 5.74) is 0.00623. The Hall–Kier alpha value is -2.31. The van der Waals surface area contributed by atoms with Gasteiger partial charge in [0.25, 0.3) is 5.56 Å². The molecule has 1 aliphatic heterocycles. The largest absolute Gasteiger partial charge is 0.508 e. The van der Waals surface area contributed by atoms with Gasteiger partial charge >= 0.3 is 5.97 Å². The van der Waals surface area contributed by atoms with Crippen molar-refractivity contribution in [2.75, 3.05) is 0 Å². The molecule has 130 valence electrons. The molecular weight excluding hydrogens is 312 g/mol. The Kier molecular flexibility index (Phi) is 4.34. The molecule has 0 bridgehead atoms. The van der Waals surface area contributed by atoms with Gasteiger partial charge in [0.2, 0.25) is 5.91 Å². The Morgan fingerprint density at radius 3 is 2.62 bits per heavy atom. The maximum absolute atomic E-state index is 12.8. The first kappa shape index (κ1) is 16.5. The summed E-state index contributed by atoms with van der Waals surface area (Å²) < 4.78 is 1.27. The van der Waals surface area contributed by atoms with Gasteiger partial charge in [-0.05, 0) is 38.2 Å². The van der Waals surface area contributed by atoms with Crippen LogP contribution >= 0.6 is 0 Å². The fourth-order valence-corrected chi connectivity index (χ4v) is 4.17. The zero-order valence-electron chi connectivity index (χ0n) is 13.6. The van der Waals surface area contributed by atoms with Gasteiger partial charge in [0.05, 0.1) is 0 Å². The second-order valence-electron chi connectivity index (χ2n) is 6.78. The van der Waals surface area contributed by atoms with Crippen molar-refractivity contribution >= 4 is 11.9 Å². The van der Waals surface area contributed by atoms with E-state index in [0.29, 0.717) is 12.1 Å². The number of aromatic hydroxyl groups is 1. The van der Waals surface area contributed by atoms with Gasteiger partial charge in [0.1, 0.15) is 18.3 Å². The molecule has 1 saturated carbocycles. The molecule has 1 amide bonds. The van der Waals surface area contributed by atoms with Gasteiger partial charge in [0.15, 0.2) is 0 Å². The van der Waals surface area contributed by atoms with Gasteiger partial charge in [0, 0.05) is 17.8 Å². The number of carboxylic acid groups (broad SMARTS) is 1. The van der Waals surface area contributed by atoms with Crippen LogP contribution in [0.3, 0.4) is 0 Å². The molecule has 1 aliphatic carbocycles. The number of hydrogen-bond acceptors (Lipinski definition) is 4. The first-order valence-corrected chi connectivity index (χ1v) is 8.33. The molecule has 7 heteroatoms. The van der Waals surface area contributed by atoms with Crippen LogP contribution in [0.15, 0.2) is 16.9 Å². The molecule has 24 heavy (non-hydrogen) atoms. The minimum Gasteiger partial charge on any atom is -0.508 e. The minimum absolute atomic E-state index is 0.0412. The van der Waals surface area contributed by atoms with Crippen LogP contribution in [-0.4, -0.2) is 43.6 Å². The normalized spacial score (nSPS) is 26.2. The predicted octanol–water partition coefficient (Wildman–Crippen LogP) is 1.11. The number of likely N-dealkylation sites (tertiary alicyclic amines) is 1. The third-order valence-electron chi connectivity index (χ3n) is 5.27. The highest BCUT2D eigenvalue weighted by atomic mass is 16.4. The van der Waals surface area contributed by atoms with Gasteiger partial charge in [-0.3, -0.25) is 9.59 Å². The Morgan fingerprint density at radius 2 is 1.96 bits per heavy atom. The van der Waals surface area contributed by atoms with E-state index in [0.717, 1.165) is 31.7 Å². The predicted molar refractivity (Wildman–Crippen MR) is 85.7 cm³/mol. The molecule has 0 radical (unpaired) electrons. The first-order valence-electron chi connectivity index (χ1n) is 8.33. The molecule has 1 aromatic heterocycles. The molecule has 3 atom stereocenters. The van der Waals surface area contributed by atoms with E-state index in [-0.39, 0.29) is 30.2 Å². The van der Waals surface area contributed by atoms with E-state index in [2.05, 4.69) is 0 Å². The van der Waals surface area contributed by atoms with Crippen molar-refractivity contribution in [3.05, 3.63) is 28.2 Å². The zero-order valence-corrected chi connectivity index (χ0v) is 13.6. The van der Waals surface area contributed by atoms with Crippen LogP contribution in [0.2, 0.25) is 0 Å². The number of carboxylic acids is 1. The summed E-state index contributed by atoms with van der Waals surface area (Å²) >= 11 is 0. The van der Waals surface area contributed by atoms with Crippen molar-refractivity contribution in [2.24, 2.45) is 5.92 Å². The monoisotopic (exact) mass is 334 g/mol. The van der Waals surface area contributed by atoms with Crippen molar-refractivity contribution in [3.8, 4) is 5.75 Å². The van der Waals surface area contributed by atoms with Crippen LogP contribution in [-0.2, 0) is 16.1 Å². The summed E-state index contributed by atoms with van der Waals surface area (Å²) in [5, 5.41) is 18.9. The van der Waals surface area contributed by atoms with Crippen LogP contribution in [0.1, 0.15) is 37.8 Å². The summed E-state index contributed by atoms with van der Waals surface area (Å²) in [7, 11) is 0. The molecule has 2 N–H and O–H groups in total. The Labute approximate surface area is 139 Å². The van der Waals surface area contributed by atoms with Gasteiger partial charge in [-0.1, -0.05) is 12.8 Å². The molecule has 2 aliphatic rings. The van der Waals surface area contributed by atoms with Crippen LogP contribution in [0, 0.1) is 12.8 Å². The van der Waals surface area contributed by atoms with Gasteiger partial charge < -0.3 is 19.7 Å². The maximum Gasteiger partial charge on any atom is 0.326 e. The van der Waals surface area contributed by atoms with Crippen LogP contribution in [0.4, 0.5) is 0 Å². The number of amides is 1. The van der Waals surface area contributed by atoms with Crippen LogP contribution < -0.4 is 5.56 Å². The number of fused-ring (bicyclic) bond motifs is 1. The fourth-order valence-electron chi connectivity index (χ4n) is 4.17. The summed E-state index contributed by atoms with van der Waals surface area (Å²) in [6.45, 7) is 1.44. The van der Waals surface area contributed by atoms with Crippen molar-refractivity contribution < 1.29 is 19.8 Å². The number of carbonyl (C=O) groups excluding carboxylic acids is 1. The smallest absolute Gasteiger partial charge is 0.326 e. The van der Waals surface area contributed by atoms with E-state index < -0.39 is 17.6 Å². The number of hydrogen-bond donors (Lipinski definition) is 2. The highest BCUT2D eigenvalue weighted by Crippen LogP contribution is 2.39. The third kappa shape index (κ3) is 2.90. The highest BCUT2D eigenvalue weighted by Gasteiger charge is 2.47. The topological polar surface area (TPSA) is 99.8 Å². The lowest BCUT2D eigenvalue weighted by atomic mass is 9.85. The second-order valence-corrected chi connectivity index (χ2v) is 6.78. The summed E-state index contributed by atoms with van der Waals surface area (Å²) in [6.07, 6.45) is 4.34. The molecule has 2 heterocycles. The van der Waals surface area contributed by atoms with Crippen molar-refractivity contribution in [1.29, 1.82) is 0 Å². The lowest BCUT2D eigenvalue weighted by molar-refractivity contribution is -0.150. The molecule has 0 spiro atoms. The number of rotatable bonds is 3. The van der Waals surface area contributed by atoms with E-state index in [1.807, 2.05) is 0 Å². The molecule has 0 aromatic carbocycles. The maximum atomic E-state index is 12.8. The van der Waals surface area contributed by atoms with Gasteiger partial charge in [-0.25, -0.2) is 4.79 Å². The number of aromatic nitrogens is 1. The Morgan fingerprint density at radius 1 is 1.25 bits per heavy atom. The molecular formula is C17H22N2O5. The molecule has 2 fully saturated rings. The quantitative estimate of drug-likeness (QED) is 0.862. The average molecular weight is 334 g/mol. The fraction of sp³-hybridized carbons (Fsp3) is 0.588. The van der Waals surface area contributed by atoms with E-state index >= 15 is 0 Å². The third-order valence-corrected chi connectivity index (χ3v) is 5.27. The second kappa shape index (κ2) is 6.30. The van der Waals surface area contributed by atoms with Gasteiger partial charge in [-0.15, -0.1) is 0 Å². The Bertz CT molecular complexity index is 726. The average Bonchev–Trinajstić information content (AvgIpc) is 2.90. The van der Waals surface area contributed by atoms with E-state index in [9.17, 15) is 24.6 Å². The van der Waals surface area contributed by atoms with Gasteiger partial charge in [-0.2, -0.15) is 0 Å². The lowest BCUT2D eigenvalue weighted by Crippen LogP contribution is -2.48. The molecule has 1 aromatic rings. The van der Waals surface area contributed by atoms with Crippen molar-refractivity contribution in [3.63, 3.8) is 0 Å². The molecule has 1 saturated heterocycles. The summed E-state index contributed by atoms with van der Waals surface area (Å²) in [5.74, 6) is -1.22. The lowest BCUT2D eigenvalue weighted by Gasteiger charge is -2.33. The van der Waals surface area contributed by atoms with Crippen LogP contribution in [0.25, 0.3) is 0 Å². The van der Waals surface area contributed by atoms with Crippen LogP contribution in [0.5, 0.6) is 5.75 Å². The number of nitrogens with zero attached hydrogens (tertiary/aromatic N) is 2. The van der Waals surface area contributed by atoms with E-state index in [4.69, 9.17) is 0 Å². The van der Waals surface area contributed by atoms with Crippen molar-refractivity contribution in [2.45, 2.75) is 57.7 Å². The zero-order chi connectivity index (χ0) is 17.4. The molecule has 3 unspecified atom stereocenters. The first-order chi connectivity index (χ1) is 11.4. The Balaban J connectivity index is 1.87. The van der Waals surface area contributed by atoms with E-state index in [1.165, 1.54) is 15.5 Å². The van der Waals surface area contributed by atoms with Crippen molar-refractivity contribution in [1.82, 2.24) is 9.47 Å². The number of aryl methyl sites for hydroxylation is 1.